The molecule has 0 bridgehead atoms. The predicted octanol–water partition coefficient (Wildman–Crippen LogP) is 4.57. The molecular weight excluding hydrogens is 379 g/mol. The van der Waals surface area contributed by atoms with Crippen molar-refractivity contribution in [2.75, 3.05) is 13.1 Å². The van der Waals surface area contributed by atoms with Crippen LogP contribution in [0.5, 0.6) is 0 Å². The van der Waals surface area contributed by atoms with Gasteiger partial charge in [-0.1, -0.05) is 42.0 Å². The first-order chi connectivity index (χ1) is 14.6. The number of halogens is 1. The van der Waals surface area contributed by atoms with Crippen LogP contribution in [0.15, 0.2) is 67.0 Å². The van der Waals surface area contributed by atoms with E-state index in [0.717, 1.165) is 16.5 Å². The van der Waals surface area contributed by atoms with Crippen LogP contribution in [0.3, 0.4) is 0 Å². The third kappa shape index (κ3) is 3.81. The lowest BCUT2D eigenvalue weighted by Gasteiger charge is -2.23. The van der Waals surface area contributed by atoms with Gasteiger partial charge in [0.15, 0.2) is 0 Å². The Morgan fingerprint density at radius 3 is 2.50 bits per heavy atom. The fourth-order valence-electron chi connectivity index (χ4n) is 3.71. The van der Waals surface area contributed by atoms with Crippen molar-refractivity contribution in [3.8, 4) is 5.69 Å². The summed E-state index contributed by atoms with van der Waals surface area (Å²) in [7, 11) is 0. The van der Waals surface area contributed by atoms with Gasteiger partial charge in [-0.05, 0) is 49.4 Å². The molecule has 5 nitrogen and oxygen atoms in total. The van der Waals surface area contributed by atoms with E-state index in [1.807, 2.05) is 56.3 Å². The molecule has 1 amide bonds. The fourth-order valence-corrected chi connectivity index (χ4v) is 3.71. The van der Waals surface area contributed by atoms with Gasteiger partial charge in [0.1, 0.15) is 5.82 Å². The Morgan fingerprint density at radius 1 is 1.03 bits per heavy atom. The number of fused-ring (bicyclic) bond motifs is 1. The summed E-state index contributed by atoms with van der Waals surface area (Å²) in [5.41, 5.74) is 3.24. The highest BCUT2D eigenvalue weighted by atomic mass is 19.1. The Bertz CT molecular complexity index is 1190. The number of carbonyl (C=O) groups excluding carboxylic acids is 1. The van der Waals surface area contributed by atoms with E-state index >= 15 is 0 Å². The maximum Gasteiger partial charge on any atom is 0.256 e. The molecule has 152 valence electrons. The normalized spacial score (nSPS) is 11.0. The number of likely N-dealkylation sites (N-methyl/N-ethyl adjacent to an activating group) is 1. The average Bonchev–Trinajstić information content (AvgIpc) is 3.30. The Morgan fingerprint density at radius 2 is 1.77 bits per heavy atom. The number of benzene rings is 3. The number of aromatic nitrogens is 3. The SMILES string of the molecule is CCN(CCc1ccc(F)c2ccccc12)C(=O)c1cc(C)ccc1-n1nccn1. The van der Waals surface area contributed by atoms with Gasteiger partial charge in [0.05, 0.1) is 23.6 Å². The van der Waals surface area contributed by atoms with E-state index in [9.17, 15) is 9.18 Å². The van der Waals surface area contributed by atoms with Crippen LogP contribution in [0.4, 0.5) is 4.39 Å². The fraction of sp³-hybridized carbons (Fsp3) is 0.208. The summed E-state index contributed by atoms with van der Waals surface area (Å²) in [6.45, 7) is 5.02. The summed E-state index contributed by atoms with van der Waals surface area (Å²) in [5.74, 6) is -0.297. The quantitative estimate of drug-likeness (QED) is 0.475. The summed E-state index contributed by atoms with van der Waals surface area (Å²) in [6, 6.07) is 16.4. The van der Waals surface area contributed by atoms with Crippen molar-refractivity contribution < 1.29 is 9.18 Å². The second kappa shape index (κ2) is 8.45. The molecule has 0 radical (unpaired) electrons. The summed E-state index contributed by atoms with van der Waals surface area (Å²) in [4.78, 5) is 16.7. The van der Waals surface area contributed by atoms with Crippen LogP contribution in [-0.2, 0) is 6.42 Å². The molecule has 0 N–H and O–H groups in total. The van der Waals surface area contributed by atoms with Gasteiger partial charge in [-0.15, -0.1) is 0 Å². The molecule has 3 aromatic carbocycles. The molecule has 1 aromatic heterocycles. The second-order valence-electron chi connectivity index (χ2n) is 7.23. The van der Waals surface area contributed by atoms with Crippen LogP contribution in [0.2, 0.25) is 0 Å². The molecule has 0 aliphatic rings. The van der Waals surface area contributed by atoms with Gasteiger partial charge in [-0.3, -0.25) is 4.79 Å². The van der Waals surface area contributed by atoms with E-state index in [2.05, 4.69) is 10.2 Å². The number of hydrogen-bond acceptors (Lipinski definition) is 3. The summed E-state index contributed by atoms with van der Waals surface area (Å²) in [6.07, 6.45) is 3.82. The largest absolute Gasteiger partial charge is 0.339 e. The first-order valence-corrected chi connectivity index (χ1v) is 10.0. The summed E-state index contributed by atoms with van der Waals surface area (Å²) < 4.78 is 14.1. The van der Waals surface area contributed by atoms with Crippen LogP contribution in [-0.4, -0.2) is 38.9 Å². The first kappa shape index (κ1) is 19.8. The highest BCUT2D eigenvalue weighted by molar-refractivity contribution is 5.98. The summed E-state index contributed by atoms with van der Waals surface area (Å²) >= 11 is 0. The van der Waals surface area contributed by atoms with E-state index in [1.54, 1.807) is 23.4 Å². The molecule has 0 saturated heterocycles. The smallest absolute Gasteiger partial charge is 0.256 e. The lowest BCUT2D eigenvalue weighted by atomic mass is 10.0. The summed E-state index contributed by atoms with van der Waals surface area (Å²) in [5, 5.41) is 9.85. The molecule has 0 unspecified atom stereocenters. The Labute approximate surface area is 174 Å². The molecule has 0 atom stereocenters. The van der Waals surface area contributed by atoms with E-state index < -0.39 is 0 Å². The molecule has 0 aliphatic heterocycles. The van der Waals surface area contributed by atoms with Gasteiger partial charge >= 0.3 is 0 Å². The zero-order valence-electron chi connectivity index (χ0n) is 17.0. The molecule has 6 heteroatoms. The van der Waals surface area contributed by atoms with Crippen molar-refractivity contribution in [3.63, 3.8) is 0 Å². The van der Waals surface area contributed by atoms with E-state index in [1.165, 1.54) is 10.9 Å². The molecule has 4 aromatic rings. The van der Waals surface area contributed by atoms with Crippen LogP contribution < -0.4 is 0 Å². The monoisotopic (exact) mass is 402 g/mol. The van der Waals surface area contributed by atoms with E-state index in [0.29, 0.717) is 36.1 Å². The Balaban J connectivity index is 1.61. The minimum atomic E-state index is -0.228. The molecule has 0 fully saturated rings. The number of nitrogens with zero attached hydrogens (tertiary/aromatic N) is 4. The highest BCUT2D eigenvalue weighted by Crippen LogP contribution is 2.23. The van der Waals surface area contributed by atoms with E-state index in [-0.39, 0.29) is 11.7 Å². The maximum absolute atomic E-state index is 14.1. The number of rotatable bonds is 6. The predicted molar refractivity (Wildman–Crippen MR) is 115 cm³/mol. The van der Waals surface area contributed by atoms with Gasteiger partial charge in [-0.25, -0.2) is 4.39 Å². The van der Waals surface area contributed by atoms with Crippen LogP contribution in [0.1, 0.15) is 28.4 Å². The number of carbonyl (C=O) groups is 1. The standard InChI is InChI=1S/C24H23FN4O/c1-3-28(15-12-18-9-10-22(25)20-7-5-4-6-19(18)20)24(30)21-16-17(2)8-11-23(21)29-26-13-14-27-29/h4-11,13-14,16H,3,12,15H2,1-2H3. The second-order valence-corrected chi connectivity index (χ2v) is 7.23. The zero-order valence-corrected chi connectivity index (χ0v) is 17.0. The van der Waals surface area contributed by atoms with Crippen molar-refractivity contribution in [2.45, 2.75) is 20.3 Å². The first-order valence-electron chi connectivity index (χ1n) is 10.0. The van der Waals surface area contributed by atoms with Crippen molar-refractivity contribution in [2.24, 2.45) is 0 Å². The molecule has 30 heavy (non-hydrogen) atoms. The Kier molecular flexibility index (Phi) is 5.57. The number of hydrogen-bond donors (Lipinski definition) is 0. The maximum atomic E-state index is 14.1. The molecular formula is C24H23FN4O. The van der Waals surface area contributed by atoms with Crippen LogP contribution in [0.25, 0.3) is 16.5 Å². The van der Waals surface area contributed by atoms with Gasteiger partial charge in [0, 0.05) is 18.5 Å². The van der Waals surface area contributed by atoms with Crippen LogP contribution >= 0.6 is 0 Å². The lowest BCUT2D eigenvalue weighted by Crippen LogP contribution is -2.33. The molecule has 0 spiro atoms. The van der Waals surface area contributed by atoms with Crippen molar-refractivity contribution in [1.82, 2.24) is 19.9 Å². The topological polar surface area (TPSA) is 51.0 Å². The third-order valence-electron chi connectivity index (χ3n) is 5.30. The van der Waals surface area contributed by atoms with Crippen molar-refractivity contribution in [3.05, 3.63) is 89.5 Å². The van der Waals surface area contributed by atoms with Gasteiger partial charge in [0.2, 0.25) is 0 Å². The van der Waals surface area contributed by atoms with Crippen molar-refractivity contribution >= 4 is 16.7 Å². The molecule has 4 rings (SSSR count). The number of aryl methyl sites for hydroxylation is 1. The van der Waals surface area contributed by atoms with Crippen molar-refractivity contribution in [1.29, 1.82) is 0 Å². The van der Waals surface area contributed by atoms with Gasteiger partial charge in [0.25, 0.3) is 5.91 Å². The van der Waals surface area contributed by atoms with Gasteiger partial charge < -0.3 is 4.90 Å². The molecule has 0 aliphatic carbocycles. The molecule has 0 saturated carbocycles. The highest BCUT2D eigenvalue weighted by Gasteiger charge is 2.20. The molecule has 1 heterocycles. The van der Waals surface area contributed by atoms with Gasteiger partial charge in [-0.2, -0.15) is 15.0 Å². The lowest BCUT2D eigenvalue weighted by molar-refractivity contribution is 0.0766. The third-order valence-corrected chi connectivity index (χ3v) is 5.30. The van der Waals surface area contributed by atoms with E-state index in [4.69, 9.17) is 0 Å². The minimum Gasteiger partial charge on any atom is -0.339 e. The van der Waals surface area contributed by atoms with Crippen LogP contribution in [0, 0.1) is 12.7 Å². The Hall–Kier alpha value is -3.54. The minimum absolute atomic E-state index is 0.0695. The average molecular weight is 402 g/mol. The zero-order chi connectivity index (χ0) is 21.1. The number of amides is 1.